The van der Waals surface area contributed by atoms with Gasteiger partial charge in [0.05, 0.1) is 5.69 Å². The molecule has 1 heterocycles. The topological polar surface area (TPSA) is 39.7 Å². The van der Waals surface area contributed by atoms with E-state index in [0.717, 1.165) is 15.2 Å². The molecule has 0 aliphatic carbocycles. The predicted molar refractivity (Wildman–Crippen MR) is 68.7 cm³/mol. The van der Waals surface area contributed by atoms with Gasteiger partial charge in [-0.2, -0.15) is 0 Å². The number of thiol groups is 1. The Kier molecular flexibility index (Phi) is 3.60. The Morgan fingerprint density at radius 3 is 2.50 bits per heavy atom. The molecule has 2 rings (SSSR count). The van der Waals surface area contributed by atoms with Crippen LogP contribution in [0.1, 0.15) is 0 Å². The number of halogens is 2. The molecule has 0 unspecified atom stereocenters. The Bertz CT molecular complexity index is 443. The fourth-order valence-electron chi connectivity index (χ4n) is 1.13. The summed E-state index contributed by atoms with van der Waals surface area (Å²) in [5.41, 5.74) is 6.18. The largest absolute Gasteiger partial charge is 0.276 e. The number of rotatable bonds is 1. The molecule has 0 atom stereocenters. The van der Waals surface area contributed by atoms with Crippen LogP contribution in [0.25, 0.3) is 0 Å². The molecule has 4 nitrogen and oxygen atoms in total. The lowest BCUT2D eigenvalue weighted by Gasteiger charge is -2.21. The van der Waals surface area contributed by atoms with Crippen molar-refractivity contribution in [3.05, 3.63) is 35.5 Å². The molecule has 1 aromatic rings. The lowest BCUT2D eigenvalue weighted by molar-refractivity contribution is 0.338. The van der Waals surface area contributed by atoms with Crippen LogP contribution in [0.15, 0.2) is 45.4 Å². The summed E-state index contributed by atoms with van der Waals surface area (Å²) in [5.74, 6) is 0.547. The maximum atomic E-state index is 5.79. The van der Waals surface area contributed by atoms with E-state index >= 15 is 0 Å². The summed E-state index contributed by atoms with van der Waals surface area (Å²) < 4.78 is 1.11. The molecule has 0 amide bonds. The highest BCUT2D eigenvalue weighted by Crippen LogP contribution is 2.16. The van der Waals surface area contributed by atoms with E-state index in [4.69, 9.17) is 23.4 Å². The Morgan fingerprint density at radius 2 is 1.88 bits per heavy atom. The summed E-state index contributed by atoms with van der Waals surface area (Å²) in [7, 11) is 0. The zero-order chi connectivity index (χ0) is 11.5. The van der Waals surface area contributed by atoms with Crippen LogP contribution in [0.4, 0.5) is 5.69 Å². The summed E-state index contributed by atoms with van der Waals surface area (Å²) in [6.45, 7) is 0. The van der Waals surface area contributed by atoms with Gasteiger partial charge in [-0.25, -0.2) is 4.99 Å². The van der Waals surface area contributed by atoms with E-state index < -0.39 is 0 Å². The molecule has 84 valence electrons. The molecular weight excluding hydrogens is 267 g/mol. The monoisotopic (exact) mass is 274 g/mol. The van der Waals surface area contributed by atoms with Crippen molar-refractivity contribution in [1.29, 1.82) is 0 Å². The third-order valence-electron chi connectivity index (χ3n) is 1.78. The number of hydrogen-bond acceptors (Lipinski definition) is 4. The molecule has 1 aliphatic rings. The van der Waals surface area contributed by atoms with Gasteiger partial charge < -0.3 is 0 Å². The van der Waals surface area contributed by atoms with Crippen LogP contribution in [0, 0.1) is 0 Å². The fraction of sp³-hybridized carbons (Fsp3) is 0. The Morgan fingerprint density at radius 1 is 1.19 bits per heavy atom. The van der Waals surface area contributed by atoms with E-state index in [0.29, 0.717) is 11.0 Å². The van der Waals surface area contributed by atoms with Gasteiger partial charge in [0, 0.05) is 22.7 Å². The van der Waals surface area contributed by atoms with Gasteiger partial charge in [-0.1, -0.05) is 11.6 Å². The van der Waals surface area contributed by atoms with E-state index in [1.54, 1.807) is 6.08 Å². The van der Waals surface area contributed by atoms with Crippen molar-refractivity contribution in [2.75, 3.05) is 0 Å². The minimum absolute atomic E-state index is 0.387. The number of hydrogen-bond donors (Lipinski definition) is 3. The fourth-order valence-corrected chi connectivity index (χ4v) is 1.69. The predicted octanol–water partition coefficient (Wildman–Crippen LogP) is 2.56. The van der Waals surface area contributed by atoms with Crippen LogP contribution >= 0.6 is 36.0 Å². The van der Waals surface area contributed by atoms with Crippen LogP contribution in [0.5, 0.6) is 0 Å². The maximum absolute atomic E-state index is 5.79. The van der Waals surface area contributed by atoms with Gasteiger partial charge in [-0.15, -0.1) is 12.6 Å². The van der Waals surface area contributed by atoms with Crippen molar-refractivity contribution in [2.24, 2.45) is 4.99 Å². The number of amidine groups is 1. The quantitative estimate of drug-likeness (QED) is 0.419. The third kappa shape index (κ3) is 3.05. The average molecular weight is 275 g/mol. The average Bonchev–Trinajstić information content (AvgIpc) is 2.20. The highest BCUT2D eigenvalue weighted by Gasteiger charge is 2.11. The molecule has 0 radical (unpaired) electrons. The van der Waals surface area contributed by atoms with Gasteiger partial charge >= 0.3 is 0 Å². The number of nitrogens with one attached hydrogen (secondary N) is 2. The number of aliphatic imine (C=N–C) groups is 1. The second-order valence-electron chi connectivity index (χ2n) is 3.01. The zero-order valence-electron chi connectivity index (χ0n) is 7.98. The van der Waals surface area contributed by atoms with Gasteiger partial charge in [0.25, 0.3) is 0 Å². The first-order chi connectivity index (χ1) is 7.63. The number of hydrazine groups is 2. The molecule has 7 heteroatoms. The Hall–Kier alpha value is -0.880. The van der Waals surface area contributed by atoms with Crippen molar-refractivity contribution in [2.45, 2.75) is 4.90 Å². The Balaban J connectivity index is 2.24. The molecule has 1 aromatic carbocycles. The SMILES string of the molecule is Sc1ccc(N=C2C=C(Cl)NN(Cl)N2)cc1. The van der Waals surface area contributed by atoms with E-state index in [9.17, 15) is 0 Å². The van der Waals surface area contributed by atoms with Crippen molar-refractivity contribution in [1.82, 2.24) is 15.5 Å². The summed E-state index contributed by atoms with van der Waals surface area (Å²) in [6.07, 6.45) is 1.63. The summed E-state index contributed by atoms with van der Waals surface area (Å²) in [5, 5.41) is 0.387. The molecule has 0 bridgehead atoms. The lowest BCUT2D eigenvalue weighted by atomic mass is 10.3. The second-order valence-corrected chi connectivity index (χ2v) is 4.27. The molecule has 1 aliphatic heterocycles. The first-order valence-electron chi connectivity index (χ1n) is 4.37. The van der Waals surface area contributed by atoms with Crippen molar-refractivity contribution in [3.63, 3.8) is 0 Å². The van der Waals surface area contributed by atoms with Gasteiger partial charge in [0.1, 0.15) is 11.0 Å². The number of benzene rings is 1. The lowest BCUT2D eigenvalue weighted by Crippen LogP contribution is -2.46. The van der Waals surface area contributed by atoms with Crippen LogP contribution < -0.4 is 10.9 Å². The smallest absolute Gasteiger partial charge is 0.146 e. The normalized spacial score (nSPS) is 18.9. The van der Waals surface area contributed by atoms with E-state index in [1.165, 1.54) is 0 Å². The zero-order valence-corrected chi connectivity index (χ0v) is 10.4. The number of nitrogens with zero attached hydrogens (tertiary/aromatic N) is 2. The first kappa shape index (κ1) is 11.6. The molecule has 0 aromatic heterocycles. The molecule has 0 spiro atoms. The first-order valence-corrected chi connectivity index (χ1v) is 5.54. The summed E-state index contributed by atoms with van der Waals surface area (Å²) in [4.78, 5) is 5.19. The highest BCUT2D eigenvalue weighted by molar-refractivity contribution is 7.80. The molecule has 0 saturated carbocycles. The third-order valence-corrected chi connectivity index (χ3v) is 2.44. The van der Waals surface area contributed by atoms with E-state index in [2.05, 4.69) is 28.5 Å². The summed E-state index contributed by atoms with van der Waals surface area (Å²) >= 11 is 15.7. The maximum Gasteiger partial charge on any atom is 0.146 e. The highest BCUT2D eigenvalue weighted by atomic mass is 35.5. The van der Waals surface area contributed by atoms with Crippen LogP contribution in [-0.4, -0.2) is 10.5 Å². The van der Waals surface area contributed by atoms with Crippen molar-refractivity contribution >= 4 is 47.5 Å². The van der Waals surface area contributed by atoms with Crippen LogP contribution in [0.3, 0.4) is 0 Å². The molecule has 0 saturated heterocycles. The molecular formula is C9H8Cl2N4S. The van der Waals surface area contributed by atoms with E-state index in [1.807, 2.05) is 24.3 Å². The van der Waals surface area contributed by atoms with Crippen LogP contribution in [-0.2, 0) is 0 Å². The standard InChI is InChI=1S/C9H8Cl2N4S/c10-8-5-9(14-15(11)13-8)12-6-1-3-7(16)4-2-6/h1-5,13,16H,(H,12,14). The van der Waals surface area contributed by atoms with Gasteiger partial charge in [-0.05, 0) is 28.9 Å². The van der Waals surface area contributed by atoms with Gasteiger partial charge in [0.2, 0.25) is 0 Å². The van der Waals surface area contributed by atoms with Gasteiger partial charge in [-0.3, -0.25) is 10.9 Å². The minimum atomic E-state index is 0.387. The molecule has 16 heavy (non-hydrogen) atoms. The van der Waals surface area contributed by atoms with Crippen molar-refractivity contribution < 1.29 is 0 Å². The van der Waals surface area contributed by atoms with E-state index in [-0.39, 0.29) is 0 Å². The molecule has 0 fully saturated rings. The van der Waals surface area contributed by atoms with Gasteiger partial charge in [0.15, 0.2) is 0 Å². The minimum Gasteiger partial charge on any atom is -0.276 e. The second kappa shape index (κ2) is 4.97. The molecule has 2 N–H and O–H groups in total. The van der Waals surface area contributed by atoms with Crippen molar-refractivity contribution in [3.8, 4) is 0 Å². The van der Waals surface area contributed by atoms with Crippen LogP contribution in [0.2, 0.25) is 0 Å². The Labute approximate surface area is 108 Å². The summed E-state index contributed by atoms with van der Waals surface area (Å²) in [6, 6.07) is 7.40.